The van der Waals surface area contributed by atoms with E-state index in [1.54, 1.807) is 0 Å². The molecule has 3 rings (SSSR count). The van der Waals surface area contributed by atoms with E-state index < -0.39 is 22.6 Å². The molecule has 0 atom stereocenters. The molecule has 6 nitrogen and oxygen atoms in total. The number of carbonyl (C=O) groups excluding carboxylic acids is 1. The molecule has 29 heavy (non-hydrogen) atoms. The summed E-state index contributed by atoms with van der Waals surface area (Å²) in [6, 6.07) is 8.41. The van der Waals surface area contributed by atoms with E-state index >= 15 is 0 Å². The molecule has 1 fully saturated rings. The lowest BCUT2D eigenvalue weighted by Crippen LogP contribution is -2.27. The Bertz CT molecular complexity index is 1050. The maximum Gasteiger partial charge on any atom is 0.416 e. The number of thiocarbonyl (C=S) groups is 1. The lowest BCUT2D eigenvalue weighted by Gasteiger charge is -2.16. The highest BCUT2D eigenvalue weighted by molar-refractivity contribution is 8.27. The van der Waals surface area contributed by atoms with Gasteiger partial charge in [0.2, 0.25) is 0 Å². The van der Waals surface area contributed by atoms with Crippen LogP contribution in [0.5, 0.6) is 5.75 Å². The van der Waals surface area contributed by atoms with E-state index in [4.69, 9.17) is 17.0 Å². The van der Waals surface area contributed by atoms with Gasteiger partial charge in [-0.1, -0.05) is 36.1 Å². The van der Waals surface area contributed by atoms with Crippen LogP contribution in [-0.2, 0) is 11.0 Å². The molecular weight excluding hydrogens is 429 g/mol. The Hall–Kier alpha value is -2.92. The number of alkyl halides is 3. The molecule has 1 heterocycles. The monoisotopic (exact) mass is 440 g/mol. The van der Waals surface area contributed by atoms with E-state index in [1.807, 2.05) is 0 Å². The number of methoxy groups -OCH3 is 1. The highest BCUT2D eigenvalue weighted by atomic mass is 32.2. The molecule has 1 amide bonds. The number of nitro benzene ring substituents is 1. The Morgan fingerprint density at radius 2 is 1.97 bits per heavy atom. The Balaban J connectivity index is 1.96. The first-order valence-electron chi connectivity index (χ1n) is 7.89. The first-order chi connectivity index (χ1) is 13.6. The fourth-order valence-electron chi connectivity index (χ4n) is 2.60. The Kier molecular flexibility index (Phi) is 5.62. The molecule has 11 heteroatoms. The predicted octanol–water partition coefficient (Wildman–Crippen LogP) is 5.03. The van der Waals surface area contributed by atoms with Gasteiger partial charge >= 0.3 is 11.9 Å². The average Bonchev–Trinajstić information content (AvgIpc) is 2.94. The number of halogens is 3. The van der Waals surface area contributed by atoms with Crippen molar-refractivity contribution in [3.8, 4) is 5.75 Å². The summed E-state index contributed by atoms with van der Waals surface area (Å²) in [6.45, 7) is 0. The van der Waals surface area contributed by atoms with Crippen molar-refractivity contribution in [1.29, 1.82) is 0 Å². The molecule has 0 unspecified atom stereocenters. The summed E-state index contributed by atoms with van der Waals surface area (Å²) < 4.78 is 43.9. The summed E-state index contributed by atoms with van der Waals surface area (Å²) in [6.07, 6.45) is -3.17. The molecule has 0 aromatic heterocycles. The van der Waals surface area contributed by atoms with Crippen molar-refractivity contribution in [1.82, 2.24) is 0 Å². The minimum atomic E-state index is -4.56. The first-order valence-corrected chi connectivity index (χ1v) is 9.12. The maximum atomic E-state index is 13.0. The molecule has 0 saturated carbocycles. The number of ether oxygens (including phenoxy) is 1. The normalized spacial score (nSPS) is 15.9. The third-order valence-corrected chi connectivity index (χ3v) is 5.22. The molecule has 0 radical (unpaired) electrons. The molecule has 1 aliphatic rings. The fraction of sp³-hybridized carbons (Fsp3) is 0.111. The SMILES string of the molecule is COc1ccc(C=C2SC(=S)N(c3cccc(C(F)(F)F)c3)C2=O)cc1[N+](=O)[O-]. The number of carbonyl (C=O) groups is 1. The van der Waals surface area contributed by atoms with Crippen molar-refractivity contribution in [2.45, 2.75) is 6.18 Å². The quantitative estimate of drug-likeness (QED) is 0.287. The second kappa shape index (κ2) is 7.84. The number of nitro groups is 1. The van der Waals surface area contributed by atoms with Crippen LogP contribution in [0.25, 0.3) is 6.08 Å². The van der Waals surface area contributed by atoms with Crippen molar-refractivity contribution in [2.24, 2.45) is 0 Å². The standard InChI is InChI=1S/C18H11F3N2O4S2/c1-27-14-6-5-10(7-13(14)23(25)26)8-15-16(24)22(17(28)29-15)12-4-2-3-11(9-12)18(19,20)21/h2-9H,1H3. The van der Waals surface area contributed by atoms with E-state index in [-0.39, 0.29) is 26.3 Å². The van der Waals surface area contributed by atoms with Crippen molar-refractivity contribution in [3.05, 3.63) is 68.6 Å². The van der Waals surface area contributed by atoms with Crippen LogP contribution < -0.4 is 9.64 Å². The zero-order valence-corrected chi connectivity index (χ0v) is 16.2. The van der Waals surface area contributed by atoms with Gasteiger partial charge in [0.1, 0.15) is 0 Å². The largest absolute Gasteiger partial charge is 0.490 e. The molecule has 1 saturated heterocycles. The van der Waals surface area contributed by atoms with Gasteiger partial charge in [-0.15, -0.1) is 0 Å². The average molecular weight is 440 g/mol. The van der Waals surface area contributed by atoms with Crippen LogP contribution in [0.3, 0.4) is 0 Å². The van der Waals surface area contributed by atoms with Gasteiger partial charge in [-0.2, -0.15) is 13.2 Å². The molecule has 0 spiro atoms. The highest BCUT2D eigenvalue weighted by Crippen LogP contribution is 2.39. The van der Waals surface area contributed by atoms with Crippen molar-refractivity contribution < 1.29 is 27.6 Å². The van der Waals surface area contributed by atoms with E-state index in [9.17, 15) is 28.1 Å². The van der Waals surface area contributed by atoms with E-state index in [2.05, 4.69) is 0 Å². The maximum absolute atomic E-state index is 13.0. The minimum Gasteiger partial charge on any atom is -0.490 e. The van der Waals surface area contributed by atoms with Crippen molar-refractivity contribution >= 4 is 51.7 Å². The Morgan fingerprint density at radius 1 is 1.24 bits per heavy atom. The highest BCUT2D eigenvalue weighted by Gasteiger charge is 2.36. The van der Waals surface area contributed by atoms with Crippen molar-refractivity contribution in [3.63, 3.8) is 0 Å². The zero-order valence-electron chi connectivity index (χ0n) is 14.6. The molecule has 0 bridgehead atoms. The van der Waals surface area contributed by atoms with Gasteiger partial charge < -0.3 is 4.74 Å². The van der Waals surface area contributed by atoms with Crippen molar-refractivity contribution in [2.75, 3.05) is 12.0 Å². The van der Waals surface area contributed by atoms with Gasteiger partial charge in [0.15, 0.2) is 10.1 Å². The van der Waals surface area contributed by atoms with Gasteiger partial charge in [0.25, 0.3) is 5.91 Å². The Labute approximate surface area is 172 Å². The van der Waals surface area contributed by atoms with Gasteiger partial charge in [0, 0.05) is 6.07 Å². The number of hydrogen-bond donors (Lipinski definition) is 0. The molecule has 0 aliphatic carbocycles. The number of rotatable bonds is 4. The predicted molar refractivity (Wildman–Crippen MR) is 107 cm³/mol. The van der Waals surface area contributed by atoms with Crippen LogP contribution in [0.15, 0.2) is 47.4 Å². The van der Waals surface area contributed by atoms with E-state index in [0.717, 1.165) is 28.8 Å². The summed E-state index contributed by atoms with van der Waals surface area (Å²) >= 11 is 6.05. The number of anilines is 1. The number of amides is 1. The third kappa shape index (κ3) is 4.25. The van der Waals surface area contributed by atoms with Crippen LogP contribution in [0.4, 0.5) is 24.5 Å². The molecule has 2 aromatic carbocycles. The second-order valence-electron chi connectivity index (χ2n) is 5.75. The fourth-order valence-corrected chi connectivity index (χ4v) is 3.90. The van der Waals surface area contributed by atoms with Gasteiger partial charge in [0.05, 0.1) is 28.2 Å². The summed E-state index contributed by atoms with van der Waals surface area (Å²) in [5.74, 6) is -0.554. The smallest absolute Gasteiger partial charge is 0.416 e. The lowest BCUT2D eigenvalue weighted by atomic mass is 10.1. The minimum absolute atomic E-state index is 0.00793. The molecule has 150 valence electrons. The number of hydrogen-bond acceptors (Lipinski definition) is 6. The van der Waals surface area contributed by atoms with Crippen LogP contribution in [0.2, 0.25) is 0 Å². The molecular formula is C18H11F3N2O4S2. The summed E-state index contributed by atoms with van der Waals surface area (Å²) in [4.78, 5) is 24.4. The molecule has 2 aromatic rings. The number of benzene rings is 2. The number of thioether (sulfide) groups is 1. The van der Waals surface area contributed by atoms with Gasteiger partial charge in [-0.05, 0) is 35.9 Å². The van der Waals surface area contributed by atoms with Gasteiger partial charge in [-0.25, -0.2) is 0 Å². The summed E-state index contributed by atoms with van der Waals surface area (Å²) in [7, 11) is 1.29. The summed E-state index contributed by atoms with van der Waals surface area (Å²) in [5.41, 5.74) is -0.845. The second-order valence-corrected chi connectivity index (χ2v) is 7.43. The molecule has 0 N–H and O–H groups in total. The molecule has 1 aliphatic heterocycles. The third-order valence-electron chi connectivity index (χ3n) is 3.92. The number of nitrogens with zero attached hydrogens (tertiary/aromatic N) is 2. The van der Waals surface area contributed by atoms with Crippen LogP contribution in [-0.4, -0.2) is 22.3 Å². The lowest BCUT2D eigenvalue weighted by molar-refractivity contribution is -0.385. The van der Waals surface area contributed by atoms with E-state index in [0.29, 0.717) is 5.56 Å². The van der Waals surface area contributed by atoms with E-state index in [1.165, 1.54) is 43.5 Å². The topological polar surface area (TPSA) is 72.7 Å². The van der Waals surface area contributed by atoms with Crippen LogP contribution in [0, 0.1) is 10.1 Å². The van der Waals surface area contributed by atoms with Crippen LogP contribution in [0.1, 0.15) is 11.1 Å². The van der Waals surface area contributed by atoms with Crippen LogP contribution >= 0.6 is 24.0 Å². The Morgan fingerprint density at radius 3 is 2.59 bits per heavy atom. The first kappa shape index (κ1) is 20.8. The summed E-state index contributed by atoms with van der Waals surface area (Å²) in [5, 5.41) is 11.1. The van der Waals surface area contributed by atoms with Gasteiger partial charge in [-0.3, -0.25) is 19.8 Å². The zero-order chi connectivity index (χ0) is 21.3.